The maximum Gasteiger partial charge on any atom is 0.266 e. The fraction of sp³-hybridized carbons (Fsp3) is 0.280. The van der Waals surface area contributed by atoms with Crippen molar-refractivity contribution in [3.05, 3.63) is 78.3 Å². The van der Waals surface area contributed by atoms with Gasteiger partial charge in [0.15, 0.2) is 0 Å². The van der Waals surface area contributed by atoms with Crippen molar-refractivity contribution in [1.82, 2.24) is 20.1 Å². The minimum absolute atomic E-state index is 0.0608. The first-order chi connectivity index (χ1) is 15.3. The van der Waals surface area contributed by atoms with E-state index in [-0.39, 0.29) is 11.8 Å². The second-order valence-electron chi connectivity index (χ2n) is 7.99. The first-order valence-electron chi connectivity index (χ1n) is 10.8. The molecule has 1 saturated heterocycles. The Balaban J connectivity index is 1.29. The van der Waals surface area contributed by atoms with Gasteiger partial charge in [0.25, 0.3) is 5.89 Å². The van der Waals surface area contributed by atoms with E-state index in [9.17, 15) is 4.79 Å². The lowest BCUT2D eigenvalue weighted by Crippen LogP contribution is -2.39. The number of piperidine rings is 1. The fourth-order valence-electron chi connectivity index (χ4n) is 4.24. The third-order valence-electron chi connectivity index (χ3n) is 5.91. The van der Waals surface area contributed by atoms with Gasteiger partial charge in [-0.15, -0.1) is 10.2 Å². The molecule has 5 rings (SSSR count). The number of nitrogens with zero attached hydrogens (tertiary/aromatic N) is 4. The van der Waals surface area contributed by atoms with Crippen LogP contribution < -0.4 is 0 Å². The predicted octanol–water partition coefficient (Wildman–Crippen LogP) is 4.62. The van der Waals surface area contributed by atoms with Crippen LogP contribution in [0.1, 0.15) is 36.6 Å². The van der Waals surface area contributed by atoms with Crippen LogP contribution in [0.15, 0.2) is 71.3 Å². The number of amides is 1. The molecular weight excluding hydrogens is 388 g/mol. The lowest BCUT2D eigenvalue weighted by Gasteiger charge is -2.31. The average Bonchev–Trinajstić information content (AvgIpc) is 3.33. The number of aryl methyl sites for hydroxylation is 1. The Bertz CT molecular complexity index is 1180. The molecule has 6 nitrogen and oxygen atoms in total. The summed E-state index contributed by atoms with van der Waals surface area (Å²) in [5, 5.41) is 10.7. The van der Waals surface area contributed by atoms with E-state index >= 15 is 0 Å². The van der Waals surface area contributed by atoms with Crippen LogP contribution in [0, 0.1) is 0 Å². The number of aromatic nitrogens is 3. The molecule has 156 valence electrons. The van der Waals surface area contributed by atoms with Crippen LogP contribution in [0.2, 0.25) is 0 Å². The van der Waals surface area contributed by atoms with E-state index in [1.807, 2.05) is 53.4 Å². The molecule has 6 heteroatoms. The quantitative estimate of drug-likeness (QED) is 0.478. The highest BCUT2D eigenvalue weighted by Gasteiger charge is 2.28. The van der Waals surface area contributed by atoms with Crippen molar-refractivity contribution in [2.75, 3.05) is 13.1 Å². The van der Waals surface area contributed by atoms with Gasteiger partial charge in [-0.3, -0.25) is 9.78 Å². The van der Waals surface area contributed by atoms with Crippen molar-refractivity contribution in [1.29, 1.82) is 0 Å². The van der Waals surface area contributed by atoms with E-state index in [4.69, 9.17) is 4.42 Å². The van der Waals surface area contributed by atoms with E-state index < -0.39 is 0 Å². The average molecular weight is 412 g/mol. The summed E-state index contributed by atoms with van der Waals surface area (Å²) in [5.74, 6) is 1.26. The van der Waals surface area contributed by atoms with Crippen molar-refractivity contribution in [3.63, 3.8) is 0 Å². The summed E-state index contributed by atoms with van der Waals surface area (Å²) < 4.78 is 6.05. The lowest BCUT2D eigenvalue weighted by molar-refractivity contribution is -0.132. The summed E-state index contributed by atoms with van der Waals surface area (Å²) >= 11 is 0. The van der Waals surface area contributed by atoms with Gasteiger partial charge in [0.2, 0.25) is 11.8 Å². The Hall–Kier alpha value is -3.54. The molecule has 1 amide bonds. The number of carbonyl (C=O) groups excluding carboxylic acids is 1. The van der Waals surface area contributed by atoms with Crippen LogP contribution >= 0.6 is 0 Å². The van der Waals surface area contributed by atoms with E-state index in [0.717, 1.165) is 36.6 Å². The molecule has 1 aliphatic rings. The molecule has 4 aromatic rings. The topological polar surface area (TPSA) is 72.1 Å². The first kappa shape index (κ1) is 19.4. The molecule has 1 atom stereocenters. The summed E-state index contributed by atoms with van der Waals surface area (Å²) in [5.41, 5.74) is 1.89. The summed E-state index contributed by atoms with van der Waals surface area (Å²) in [4.78, 5) is 19.2. The van der Waals surface area contributed by atoms with Gasteiger partial charge in [-0.1, -0.05) is 54.6 Å². The van der Waals surface area contributed by atoms with E-state index in [1.54, 1.807) is 6.20 Å². The first-order valence-corrected chi connectivity index (χ1v) is 10.8. The zero-order chi connectivity index (χ0) is 21.0. The molecule has 0 radical (unpaired) electrons. The third-order valence-corrected chi connectivity index (χ3v) is 5.91. The molecule has 3 heterocycles. The van der Waals surface area contributed by atoms with Crippen molar-refractivity contribution < 1.29 is 9.21 Å². The zero-order valence-electron chi connectivity index (χ0n) is 17.3. The van der Waals surface area contributed by atoms with Gasteiger partial charge in [-0.2, -0.15) is 0 Å². The van der Waals surface area contributed by atoms with E-state index in [0.29, 0.717) is 30.4 Å². The van der Waals surface area contributed by atoms with Gasteiger partial charge in [-0.05, 0) is 36.3 Å². The summed E-state index contributed by atoms with van der Waals surface area (Å²) in [6, 6.07) is 20.1. The number of rotatable bonds is 5. The van der Waals surface area contributed by atoms with Crippen molar-refractivity contribution >= 4 is 16.7 Å². The number of hydrogen-bond donors (Lipinski definition) is 0. The number of benzene rings is 2. The SMILES string of the molecule is O=C(CCc1ccccc1)N1CCC[C@@H](c2nnc(-c3nccc4ccccc34)o2)C1. The van der Waals surface area contributed by atoms with Crippen LogP contribution in [0.4, 0.5) is 0 Å². The maximum atomic E-state index is 12.8. The Labute approximate surface area is 180 Å². The molecule has 0 bridgehead atoms. The molecule has 0 N–H and O–H groups in total. The van der Waals surface area contributed by atoms with Crippen molar-refractivity contribution in [3.8, 4) is 11.6 Å². The van der Waals surface area contributed by atoms with Crippen LogP contribution in [0.3, 0.4) is 0 Å². The lowest BCUT2D eigenvalue weighted by atomic mass is 9.97. The standard InChI is InChI=1S/C25H24N4O2/c30-22(13-12-18-7-2-1-3-8-18)29-16-6-10-20(17-29)24-27-28-25(31-24)23-21-11-5-4-9-19(21)14-15-26-23/h1-5,7-9,11,14-15,20H,6,10,12-13,16-17H2/t20-/m1/s1. The minimum Gasteiger partial charge on any atom is -0.419 e. The molecular formula is C25H24N4O2. The Morgan fingerprint density at radius 3 is 2.77 bits per heavy atom. The van der Waals surface area contributed by atoms with Crippen LogP contribution in [0.5, 0.6) is 0 Å². The monoisotopic (exact) mass is 412 g/mol. The second kappa shape index (κ2) is 8.68. The molecule has 2 aromatic carbocycles. The molecule has 0 spiro atoms. The second-order valence-corrected chi connectivity index (χ2v) is 7.99. The van der Waals surface area contributed by atoms with Gasteiger partial charge in [0.1, 0.15) is 5.69 Å². The smallest absolute Gasteiger partial charge is 0.266 e. The highest BCUT2D eigenvalue weighted by Crippen LogP contribution is 2.30. The van der Waals surface area contributed by atoms with Gasteiger partial charge in [0, 0.05) is 31.1 Å². The van der Waals surface area contributed by atoms with Gasteiger partial charge in [-0.25, -0.2) is 0 Å². The normalized spacial score (nSPS) is 16.5. The molecule has 0 aliphatic carbocycles. The zero-order valence-corrected chi connectivity index (χ0v) is 17.3. The summed E-state index contributed by atoms with van der Waals surface area (Å²) in [6.07, 6.45) is 4.92. The van der Waals surface area contributed by atoms with E-state index in [2.05, 4.69) is 27.3 Å². The highest BCUT2D eigenvalue weighted by atomic mass is 16.4. The van der Waals surface area contributed by atoms with E-state index in [1.165, 1.54) is 5.56 Å². The van der Waals surface area contributed by atoms with Crippen molar-refractivity contribution in [2.45, 2.75) is 31.6 Å². The summed E-state index contributed by atoms with van der Waals surface area (Å²) in [7, 11) is 0. The Kier molecular flexibility index (Phi) is 5.44. The highest BCUT2D eigenvalue weighted by molar-refractivity contribution is 5.92. The Morgan fingerprint density at radius 2 is 1.87 bits per heavy atom. The molecule has 1 fully saturated rings. The predicted molar refractivity (Wildman–Crippen MR) is 118 cm³/mol. The van der Waals surface area contributed by atoms with Gasteiger partial charge < -0.3 is 9.32 Å². The van der Waals surface area contributed by atoms with Crippen LogP contribution in [0.25, 0.3) is 22.4 Å². The third kappa shape index (κ3) is 4.19. The molecule has 0 saturated carbocycles. The molecule has 0 unspecified atom stereocenters. The van der Waals surface area contributed by atoms with Crippen LogP contribution in [-0.2, 0) is 11.2 Å². The Morgan fingerprint density at radius 1 is 1.03 bits per heavy atom. The molecule has 2 aromatic heterocycles. The number of pyridine rings is 1. The van der Waals surface area contributed by atoms with Gasteiger partial charge in [0.05, 0.1) is 5.92 Å². The molecule has 31 heavy (non-hydrogen) atoms. The fourth-order valence-corrected chi connectivity index (χ4v) is 4.24. The number of carbonyl (C=O) groups is 1. The minimum atomic E-state index is 0.0608. The van der Waals surface area contributed by atoms with Crippen molar-refractivity contribution in [2.24, 2.45) is 0 Å². The van der Waals surface area contributed by atoms with Gasteiger partial charge >= 0.3 is 0 Å². The molecule has 1 aliphatic heterocycles. The van der Waals surface area contributed by atoms with Crippen LogP contribution in [-0.4, -0.2) is 39.1 Å². The largest absolute Gasteiger partial charge is 0.419 e. The number of fused-ring (bicyclic) bond motifs is 1. The number of hydrogen-bond acceptors (Lipinski definition) is 5. The maximum absolute atomic E-state index is 12.8. The summed E-state index contributed by atoms with van der Waals surface area (Å²) in [6.45, 7) is 1.41. The number of likely N-dealkylation sites (tertiary alicyclic amines) is 1.